The number of nitro groups is 1. The number of amides is 1. The Balaban J connectivity index is 1.78. The number of aryl methyl sites for hydroxylation is 1. The molecule has 3 rings (SSSR count). The molecule has 0 aliphatic carbocycles. The predicted octanol–water partition coefficient (Wildman–Crippen LogP) is 1.39. The first-order chi connectivity index (χ1) is 12.0. The Morgan fingerprint density at radius 2 is 2.28 bits per heavy atom. The van der Waals surface area contributed by atoms with Gasteiger partial charge >= 0.3 is 0 Å². The summed E-state index contributed by atoms with van der Waals surface area (Å²) in [5.74, 6) is 0.143. The van der Waals surface area contributed by atoms with E-state index in [1.54, 1.807) is 29.0 Å². The van der Waals surface area contributed by atoms with Crippen LogP contribution in [0.15, 0.2) is 30.6 Å². The Hall–Kier alpha value is -2.94. The molecule has 1 N–H and O–H groups in total. The molecule has 1 aromatic carbocycles. The van der Waals surface area contributed by atoms with Crippen molar-refractivity contribution in [2.75, 3.05) is 11.4 Å². The minimum atomic E-state index is -0.679. The molecule has 1 aromatic heterocycles. The van der Waals surface area contributed by atoms with Crippen LogP contribution in [0, 0.1) is 10.1 Å². The lowest BCUT2D eigenvalue weighted by Gasteiger charge is -2.31. The van der Waals surface area contributed by atoms with Crippen LogP contribution in [0.2, 0.25) is 0 Å². The molecule has 1 atom stereocenters. The lowest BCUT2D eigenvalue weighted by Crippen LogP contribution is -2.46. The highest BCUT2D eigenvalue weighted by atomic mass is 16.6. The molecule has 1 aliphatic rings. The topological polar surface area (TPSA) is 111 Å². The SMILES string of the molecule is Cn1cc(N2CCC[C@@H](Oc3ccc([N+](=O)[O-])c(CO)c3)C2=O)cn1. The standard InChI is InChI=1S/C16H18N4O5/c1-18-9-12(8-17-18)19-6-2-3-15(16(19)22)25-13-4-5-14(20(23)24)11(7-13)10-21/h4-5,7-9,15,21H,2-3,6,10H2,1H3/t15-/m1/s1. The Morgan fingerprint density at radius 3 is 2.92 bits per heavy atom. The van der Waals surface area contributed by atoms with E-state index in [2.05, 4.69) is 5.10 Å². The third-order valence-electron chi connectivity index (χ3n) is 4.09. The van der Waals surface area contributed by atoms with Crippen LogP contribution in [0.4, 0.5) is 11.4 Å². The second-order valence-corrected chi connectivity index (χ2v) is 5.82. The number of nitro benzene ring substituents is 1. The molecule has 1 fully saturated rings. The molecule has 2 heterocycles. The number of hydrogen-bond acceptors (Lipinski definition) is 6. The molecule has 0 unspecified atom stereocenters. The van der Waals surface area contributed by atoms with E-state index < -0.39 is 17.6 Å². The Labute approximate surface area is 143 Å². The molecular weight excluding hydrogens is 328 g/mol. The summed E-state index contributed by atoms with van der Waals surface area (Å²) in [4.78, 5) is 24.7. The van der Waals surface area contributed by atoms with Gasteiger partial charge in [-0.2, -0.15) is 5.10 Å². The van der Waals surface area contributed by atoms with Gasteiger partial charge in [0.05, 0.1) is 29.0 Å². The van der Waals surface area contributed by atoms with Crippen molar-refractivity contribution in [3.63, 3.8) is 0 Å². The van der Waals surface area contributed by atoms with Crippen molar-refractivity contribution in [1.29, 1.82) is 0 Å². The molecular formula is C16H18N4O5. The minimum Gasteiger partial charge on any atom is -0.481 e. The van der Waals surface area contributed by atoms with Crippen LogP contribution in [-0.2, 0) is 18.4 Å². The van der Waals surface area contributed by atoms with Gasteiger partial charge < -0.3 is 14.7 Å². The highest BCUT2D eigenvalue weighted by molar-refractivity contribution is 5.97. The molecule has 1 aliphatic heterocycles. The monoisotopic (exact) mass is 346 g/mol. The lowest BCUT2D eigenvalue weighted by molar-refractivity contribution is -0.385. The fraction of sp³-hybridized carbons (Fsp3) is 0.375. The van der Waals surface area contributed by atoms with Crippen LogP contribution < -0.4 is 9.64 Å². The molecule has 25 heavy (non-hydrogen) atoms. The number of benzene rings is 1. The van der Waals surface area contributed by atoms with Gasteiger partial charge in [-0.05, 0) is 25.0 Å². The molecule has 0 saturated carbocycles. The maximum atomic E-state index is 12.7. The summed E-state index contributed by atoms with van der Waals surface area (Å²) in [7, 11) is 1.78. The number of ether oxygens (including phenoxy) is 1. The second-order valence-electron chi connectivity index (χ2n) is 5.82. The number of aliphatic hydroxyl groups is 1. The number of piperidine rings is 1. The fourth-order valence-corrected chi connectivity index (χ4v) is 2.86. The van der Waals surface area contributed by atoms with Gasteiger partial charge in [-0.25, -0.2) is 0 Å². The summed E-state index contributed by atoms with van der Waals surface area (Å²) < 4.78 is 7.37. The Kier molecular flexibility index (Phi) is 4.66. The quantitative estimate of drug-likeness (QED) is 0.647. The van der Waals surface area contributed by atoms with Gasteiger partial charge in [0.25, 0.3) is 11.6 Å². The summed E-state index contributed by atoms with van der Waals surface area (Å²) in [6, 6.07) is 4.11. The molecule has 1 amide bonds. The van der Waals surface area contributed by atoms with E-state index in [0.29, 0.717) is 24.4 Å². The van der Waals surface area contributed by atoms with Gasteiger partial charge in [0.15, 0.2) is 6.10 Å². The second kappa shape index (κ2) is 6.89. The molecule has 132 valence electrons. The first-order valence-electron chi connectivity index (χ1n) is 7.84. The summed E-state index contributed by atoms with van der Waals surface area (Å²) >= 11 is 0. The number of nitrogens with zero attached hydrogens (tertiary/aromatic N) is 4. The Bertz CT molecular complexity index is 804. The molecule has 0 radical (unpaired) electrons. The van der Waals surface area contributed by atoms with Crippen molar-refractivity contribution in [3.8, 4) is 5.75 Å². The molecule has 1 saturated heterocycles. The van der Waals surface area contributed by atoms with Gasteiger partial charge in [0.2, 0.25) is 0 Å². The summed E-state index contributed by atoms with van der Waals surface area (Å²) in [5.41, 5.74) is 0.678. The van der Waals surface area contributed by atoms with E-state index in [4.69, 9.17) is 4.74 Å². The van der Waals surface area contributed by atoms with E-state index in [-0.39, 0.29) is 17.2 Å². The first kappa shape index (κ1) is 16.9. The van der Waals surface area contributed by atoms with Gasteiger partial charge in [0, 0.05) is 25.9 Å². The maximum Gasteiger partial charge on any atom is 0.275 e. The van der Waals surface area contributed by atoms with Crippen molar-refractivity contribution in [2.24, 2.45) is 7.05 Å². The van der Waals surface area contributed by atoms with E-state index >= 15 is 0 Å². The molecule has 2 aromatic rings. The number of anilines is 1. The zero-order chi connectivity index (χ0) is 18.0. The third kappa shape index (κ3) is 3.45. The summed E-state index contributed by atoms with van der Waals surface area (Å²) in [5, 5.41) is 24.3. The minimum absolute atomic E-state index is 0.148. The largest absolute Gasteiger partial charge is 0.481 e. The third-order valence-corrected chi connectivity index (χ3v) is 4.09. The predicted molar refractivity (Wildman–Crippen MR) is 88.2 cm³/mol. The number of rotatable bonds is 5. The highest BCUT2D eigenvalue weighted by Crippen LogP contribution is 2.27. The Morgan fingerprint density at radius 1 is 1.48 bits per heavy atom. The number of carbonyl (C=O) groups is 1. The van der Waals surface area contributed by atoms with Crippen LogP contribution >= 0.6 is 0 Å². The molecule has 0 spiro atoms. The van der Waals surface area contributed by atoms with Crippen LogP contribution in [0.3, 0.4) is 0 Å². The van der Waals surface area contributed by atoms with Crippen molar-refractivity contribution >= 4 is 17.3 Å². The molecule has 9 nitrogen and oxygen atoms in total. The number of aromatic nitrogens is 2. The number of carbonyl (C=O) groups excluding carboxylic acids is 1. The lowest BCUT2D eigenvalue weighted by atomic mass is 10.1. The fourth-order valence-electron chi connectivity index (χ4n) is 2.86. The van der Waals surface area contributed by atoms with E-state index in [1.807, 2.05) is 0 Å². The maximum absolute atomic E-state index is 12.7. The van der Waals surface area contributed by atoms with Crippen LogP contribution in [0.1, 0.15) is 18.4 Å². The van der Waals surface area contributed by atoms with Crippen molar-refractivity contribution < 1.29 is 19.6 Å². The zero-order valence-electron chi connectivity index (χ0n) is 13.7. The number of aliphatic hydroxyl groups excluding tert-OH is 1. The van der Waals surface area contributed by atoms with E-state index in [9.17, 15) is 20.0 Å². The van der Waals surface area contributed by atoms with Crippen LogP contribution in [0.5, 0.6) is 5.75 Å². The van der Waals surface area contributed by atoms with Crippen LogP contribution in [0.25, 0.3) is 0 Å². The van der Waals surface area contributed by atoms with Gasteiger partial charge in [-0.3, -0.25) is 19.6 Å². The van der Waals surface area contributed by atoms with Crippen molar-refractivity contribution in [2.45, 2.75) is 25.6 Å². The van der Waals surface area contributed by atoms with E-state index in [1.165, 1.54) is 18.2 Å². The smallest absolute Gasteiger partial charge is 0.275 e. The van der Waals surface area contributed by atoms with Gasteiger partial charge in [-0.1, -0.05) is 0 Å². The molecule has 9 heteroatoms. The van der Waals surface area contributed by atoms with Gasteiger partial charge in [0.1, 0.15) is 5.75 Å². The van der Waals surface area contributed by atoms with Gasteiger partial charge in [-0.15, -0.1) is 0 Å². The molecule has 0 bridgehead atoms. The average molecular weight is 346 g/mol. The first-order valence-corrected chi connectivity index (χ1v) is 7.84. The van der Waals surface area contributed by atoms with Crippen molar-refractivity contribution in [3.05, 3.63) is 46.3 Å². The highest BCUT2D eigenvalue weighted by Gasteiger charge is 2.32. The van der Waals surface area contributed by atoms with Crippen molar-refractivity contribution in [1.82, 2.24) is 9.78 Å². The van der Waals surface area contributed by atoms with E-state index in [0.717, 1.165) is 6.42 Å². The number of hydrogen-bond donors (Lipinski definition) is 1. The van der Waals surface area contributed by atoms with Crippen LogP contribution in [-0.4, -0.2) is 38.4 Å². The summed E-state index contributed by atoms with van der Waals surface area (Å²) in [6.07, 6.45) is 4.03. The average Bonchev–Trinajstić information content (AvgIpc) is 3.02. The zero-order valence-corrected chi connectivity index (χ0v) is 13.7. The normalized spacial score (nSPS) is 17.6. The summed E-state index contributed by atoms with van der Waals surface area (Å²) in [6.45, 7) is 0.112.